The molecule has 0 aliphatic heterocycles. The van der Waals surface area contributed by atoms with Crippen molar-refractivity contribution in [1.29, 1.82) is 0 Å². The fourth-order valence-electron chi connectivity index (χ4n) is 3.08. The Morgan fingerprint density at radius 3 is 2.50 bits per heavy atom. The zero-order valence-electron chi connectivity index (χ0n) is 13.0. The van der Waals surface area contributed by atoms with E-state index in [1.807, 2.05) is 12.3 Å². The van der Waals surface area contributed by atoms with E-state index in [9.17, 15) is 0 Å². The van der Waals surface area contributed by atoms with E-state index in [1.165, 1.54) is 22.1 Å². The average Bonchev–Trinajstić information content (AvgIpc) is 2.59. The van der Waals surface area contributed by atoms with Crippen LogP contribution < -0.4 is 5.73 Å². The molecule has 2 heteroatoms. The molecule has 3 rings (SSSR count). The summed E-state index contributed by atoms with van der Waals surface area (Å²) >= 11 is 0. The van der Waals surface area contributed by atoms with E-state index < -0.39 is 0 Å². The summed E-state index contributed by atoms with van der Waals surface area (Å²) in [5.41, 5.74) is 10.6. The third kappa shape index (κ3) is 2.88. The molecule has 2 nitrogen and oxygen atoms in total. The van der Waals surface area contributed by atoms with Crippen molar-refractivity contribution in [3.63, 3.8) is 0 Å². The second kappa shape index (κ2) is 6.71. The van der Waals surface area contributed by atoms with Gasteiger partial charge in [0.1, 0.15) is 0 Å². The van der Waals surface area contributed by atoms with Crippen LogP contribution in [0.25, 0.3) is 22.0 Å². The Bertz CT molecular complexity index is 742. The molecule has 1 aromatic heterocycles. The van der Waals surface area contributed by atoms with Crippen LogP contribution in [-0.2, 0) is 0 Å². The van der Waals surface area contributed by atoms with E-state index >= 15 is 0 Å². The fraction of sp³-hybridized carbons (Fsp3) is 0.250. The van der Waals surface area contributed by atoms with Crippen LogP contribution in [0.5, 0.6) is 0 Å². The predicted octanol–water partition coefficient (Wildman–Crippen LogP) is 4.74. The minimum atomic E-state index is 0.560. The predicted molar refractivity (Wildman–Crippen MR) is 93.9 cm³/mol. The number of aromatic nitrogens is 1. The van der Waals surface area contributed by atoms with Crippen molar-refractivity contribution in [1.82, 2.24) is 4.98 Å². The van der Waals surface area contributed by atoms with E-state index in [0.717, 1.165) is 24.9 Å². The molecule has 22 heavy (non-hydrogen) atoms. The van der Waals surface area contributed by atoms with Gasteiger partial charge in [-0.05, 0) is 42.5 Å². The van der Waals surface area contributed by atoms with Crippen molar-refractivity contribution in [2.45, 2.75) is 25.7 Å². The molecule has 0 saturated carbocycles. The molecule has 0 aliphatic carbocycles. The molecule has 0 saturated heterocycles. The Morgan fingerprint density at radius 1 is 1.00 bits per heavy atom. The Balaban J connectivity index is 1.98. The smallest absolute Gasteiger partial charge is 0.0780 e. The molecule has 112 valence electrons. The summed E-state index contributed by atoms with van der Waals surface area (Å²) in [6.45, 7) is 2.97. The van der Waals surface area contributed by atoms with Crippen molar-refractivity contribution in [2.75, 3.05) is 6.54 Å². The van der Waals surface area contributed by atoms with E-state index in [-0.39, 0.29) is 0 Å². The molecular formula is C20H22N2. The van der Waals surface area contributed by atoms with Gasteiger partial charge < -0.3 is 5.73 Å². The highest BCUT2D eigenvalue weighted by Gasteiger charge is 2.09. The van der Waals surface area contributed by atoms with Crippen LogP contribution in [0.2, 0.25) is 0 Å². The fourth-order valence-corrected chi connectivity index (χ4v) is 3.08. The highest BCUT2D eigenvalue weighted by Crippen LogP contribution is 2.29. The minimum absolute atomic E-state index is 0.560. The summed E-state index contributed by atoms with van der Waals surface area (Å²) in [5.74, 6) is 0.560. The maximum atomic E-state index is 5.72. The standard InChI is InChI=1S/C20H22N2/c1-2-15(12-13-21)16-8-10-17(11-9-16)19-7-3-5-18-6-4-14-22-20(18)19/h3-11,14-15H,2,12-13,21H2,1H3. The third-order valence-electron chi connectivity index (χ3n) is 4.33. The van der Waals surface area contributed by atoms with Gasteiger partial charge in [-0.3, -0.25) is 4.98 Å². The van der Waals surface area contributed by atoms with E-state index in [4.69, 9.17) is 5.73 Å². The van der Waals surface area contributed by atoms with Gasteiger partial charge in [0.05, 0.1) is 5.52 Å². The van der Waals surface area contributed by atoms with Crippen LogP contribution in [-0.4, -0.2) is 11.5 Å². The van der Waals surface area contributed by atoms with Crippen LogP contribution >= 0.6 is 0 Å². The molecule has 0 bridgehead atoms. The molecule has 0 aliphatic rings. The SMILES string of the molecule is CCC(CCN)c1ccc(-c2cccc3cccnc23)cc1. The van der Waals surface area contributed by atoms with Gasteiger partial charge in [-0.1, -0.05) is 55.5 Å². The van der Waals surface area contributed by atoms with Crippen LogP contribution in [0.15, 0.2) is 60.8 Å². The number of hydrogen-bond donors (Lipinski definition) is 1. The summed E-state index contributed by atoms with van der Waals surface area (Å²) in [4.78, 5) is 4.54. The van der Waals surface area contributed by atoms with E-state index in [1.54, 1.807) is 0 Å². The summed E-state index contributed by atoms with van der Waals surface area (Å²) in [7, 11) is 0. The molecule has 1 unspecified atom stereocenters. The first-order valence-electron chi connectivity index (χ1n) is 7.97. The second-order valence-corrected chi connectivity index (χ2v) is 5.69. The molecule has 2 N–H and O–H groups in total. The van der Waals surface area contributed by atoms with Gasteiger partial charge in [-0.2, -0.15) is 0 Å². The number of nitrogens with two attached hydrogens (primary N) is 1. The highest BCUT2D eigenvalue weighted by molar-refractivity contribution is 5.93. The number of para-hydroxylation sites is 1. The molecule has 0 spiro atoms. The first kappa shape index (κ1) is 14.7. The second-order valence-electron chi connectivity index (χ2n) is 5.69. The zero-order chi connectivity index (χ0) is 15.4. The normalized spacial score (nSPS) is 12.5. The van der Waals surface area contributed by atoms with Crippen LogP contribution in [0.3, 0.4) is 0 Å². The Labute approximate surface area is 132 Å². The molecule has 0 radical (unpaired) electrons. The molecule has 3 aromatic rings. The number of hydrogen-bond acceptors (Lipinski definition) is 2. The van der Waals surface area contributed by atoms with Gasteiger partial charge in [-0.25, -0.2) is 0 Å². The quantitative estimate of drug-likeness (QED) is 0.737. The van der Waals surface area contributed by atoms with Crippen molar-refractivity contribution in [3.05, 3.63) is 66.4 Å². The number of fused-ring (bicyclic) bond motifs is 1. The van der Waals surface area contributed by atoms with E-state index in [2.05, 4.69) is 60.4 Å². The van der Waals surface area contributed by atoms with Gasteiger partial charge in [0.25, 0.3) is 0 Å². The molecule has 1 heterocycles. The summed E-state index contributed by atoms with van der Waals surface area (Å²) < 4.78 is 0. The summed E-state index contributed by atoms with van der Waals surface area (Å²) in [5, 5.41) is 1.18. The molecular weight excluding hydrogens is 268 g/mol. The molecule has 0 fully saturated rings. The molecule has 0 amide bonds. The van der Waals surface area contributed by atoms with Crippen LogP contribution in [0, 0.1) is 0 Å². The first-order valence-corrected chi connectivity index (χ1v) is 7.97. The van der Waals surface area contributed by atoms with Gasteiger partial charge in [0.15, 0.2) is 0 Å². The van der Waals surface area contributed by atoms with Crippen molar-refractivity contribution >= 4 is 10.9 Å². The molecule has 2 aromatic carbocycles. The van der Waals surface area contributed by atoms with Gasteiger partial charge in [0.2, 0.25) is 0 Å². The molecule has 1 atom stereocenters. The minimum Gasteiger partial charge on any atom is -0.330 e. The maximum absolute atomic E-state index is 5.72. The number of rotatable bonds is 5. The third-order valence-corrected chi connectivity index (χ3v) is 4.33. The van der Waals surface area contributed by atoms with Crippen molar-refractivity contribution < 1.29 is 0 Å². The van der Waals surface area contributed by atoms with Gasteiger partial charge in [-0.15, -0.1) is 0 Å². The highest BCUT2D eigenvalue weighted by atomic mass is 14.6. The zero-order valence-corrected chi connectivity index (χ0v) is 13.0. The number of nitrogens with zero attached hydrogens (tertiary/aromatic N) is 1. The van der Waals surface area contributed by atoms with Crippen LogP contribution in [0.1, 0.15) is 31.2 Å². The van der Waals surface area contributed by atoms with E-state index in [0.29, 0.717) is 5.92 Å². The Kier molecular flexibility index (Phi) is 4.50. The van der Waals surface area contributed by atoms with Crippen molar-refractivity contribution in [3.8, 4) is 11.1 Å². The lowest BCUT2D eigenvalue weighted by Crippen LogP contribution is -2.06. The largest absolute Gasteiger partial charge is 0.330 e. The number of pyridine rings is 1. The lowest BCUT2D eigenvalue weighted by Gasteiger charge is -2.15. The van der Waals surface area contributed by atoms with Crippen LogP contribution in [0.4, 0.5) is 0 Å². The topological polar surface area (TPSA) is 38.9 Å². The lowest BCUT2D eigenvalue weighted by atomic mass is 9.91. The van der Waals surface area contributed by atoms with Crippen molar-refractivity contribution in [2.24, 2.45) is 5.73 Å². The summed E-state index contributed by atoms with van der Waals surface area (Å²) in [6.07, 6.45) is 4.03. The number of benzene rings is 2. The average molecular weight is 290 g/mol. The lowest BCUT2D eigenvalue weighted by molar-refractivity contribution is 0.614. The Hall–Kier alpha value is -2.19. The van der Waals surface area contributed by atoms with Gasteiger partial charge in [0, 0.05) is 17.1 Å². The monoisotopic (exact) mass is 290 g/mol. The summed E-state index contributed by atoms with van der Waals surface area (Å²) in [6, 6.07) is 19.3. The maximum Gasteiger partial charge on any atom is 0.0780 e. The Morgan fingerprint density at radius 2 is 1.77 bits per heavy atom. The van der Waals surface area contributed by atoms with Gasteiger partial charge >= 0.3 is 0 Å². The first-order chi connectivity index (χ1) is 10.8.